The topological polar surface area (TPSA) is 79.2 Å². The van der Waals surface area contributed by atoms with E-state index in [0.29, 0.717) is 18.8 Å². The third kappa shape index (κ3) is 3.73. The van der Waals surface area contributed by atoms with Crippen molar-refractivity contribution in [1.29, 1.82) is 0 Å². The first-order valence-electron chi connectivity index (χ1n) is 8.24. The number of aromatic amines is 1. The lowest BCUT2D eigenvalue weighted by molar-refractivity contribution is -0.132. The number of benzene rings is 1. The van der Waals surface area contributed by atoms with Gasteiger partial charge >= 0.3 is 0 Å². The number of para-hydroxylation sites is 1. The van der Waals surface area contributed by atoms with Crippen LogP contribution in [0.15, 0.2) is 30.5 Å². The summed E-state index contributed by atoms with van der Waals surface area (Å²) in [4.78, 5) is 28.5. The second-order valence-electron chi connectivity index (χ2n) is 6.35. The highest BCUT2D eigenvalue weighted by Gasteiger charge is 2.23. The molecule has 0 aliphatic carbocycles. The zero-order chi connectivity index (χ0) is 16.2. The van der Waals surface area contributed by atoms with Crippen LogP contribution in [0.4, 0.5) is 0 Å². The molecule has 3 rings (SSSR count). The second kappa shape index (κ2) is 6.86. The molecule has 3 N–H and O–H groups in total. The lowest BCUT2D eigenvalue weighted by Gasteiger charge is -2.31. The van der Waals surface area contributed by atoms with E-state index in [4.69, 9.17) is 5.73 Å². The number of rotatable bonds is 5. The maximum Gasteiger partial charge on any atom is 0.222 e. The first-order chi connectivity index (χ1) is 11.1. The van der Waals surface area contributed by atoms with E-state index >= 15 is 0 Å². The van der Waals surface area contributed by atoms with Crippen LogP contribution < -0.4 is 5.73 Å². The number of hydrogen-bond acceptors (Lipinski definition) is 2. The number of nitrogens with two attached hydrogens (primary N) is 1. The quantitative estimate of drug-likeness (QED) is 0.887. The zero-order valence-electron chi connectivity index (χ0n) is 13.3. The monoisotopic (exact) mass is 313 g/mol. The fraction of sp³-hybridized carbons (Fsp3) is 0.444. The van der Waals surface area contributed by atoms with E-state index in [2.05, 4.69) is 11.1 Å². The lowest BCUT2D eigenvalue weighted by atomic mass is 9.93. The van der Waals surface area contributed by atoms with Gasteiger partial charge < -0.3 is 15.6 Å². The Labute approximate surface area is 135 Å². The molecule has 2 aromatic rings. The molecule has 1 aromatic carbocycles. The predicted octanol–water partition coefficient (Wildman–Crippen LogP) is 2.21. The van der Waals surface area contributed by atoms with E-state index < -0.39 is 0 Å². The molecule has 0 spiro atoms. The van der Waals surface area contributed by atoms with E-state index in [-0.39, 0.29) is 11.8 Å². The first-order valence-corrected chi connectivity index (χ1v) is 8.24. The molecule has 1 aromatic heterocycles. The van der Waals surface area contributed by atoms with E-state index in [0.717, 1.165) is 37.9 Å². The van der Waals surface area contributed by atoms with Crippen molar-refractivity contribution in [3.63, 3.8) is 0 Å². The molecule has 23 heavy (non-hydrogen) atoms. The minimum absolute atomic E-state index is 0.202. The third-order valence-corrected chi connectivity index (χ3v) is 4.74. The number of primary amides is 1. The number of hydrogen-bond donors (Lipinski definition) is 2. The maximum absolute atomic E-state index is 12.4. The van der Waals surface area contributed by atoms with Crippen molar-refractivity contribution in [1.82, 2.24) is 9.88 Å². The summed E-state index contributed by atoms with van der Waals surface area (Å²) in [6.45, 7) is 1.48. The molecular formula is C18H23N3O2. The van der Waals surface area contributed by atoms with Crippen LogP contribution in [0.2, 0.25) is 0 Å². The number of carbonyl (C=O) groups excluding carboxylic acids is 2. The van der Waals surface area contributed by atoms with Crippen LogP contribution >= 0.6 is 0 Å². The van der Waals surface area contributed by atoms with Crippen LogP contribution in [0.3, 0.4) is 0 Å². The fourth-order valence-corrected chi connectivity index (χ4v) is 3.41. The summed E-state index contributed by atoms with van der Waals surface area (Å²) in [5.74, 6) is 0.298. The Hall–Kier alpha value is -2.30. The van der Waals surface area contributed by atoms with Crippen molar-refractivity contribution in [2.24, 2.45) is 11.7 Å². The normalized spacial score (nSPS) is 15.9. The Morgan fingerprint density at radius 3 is 2.70 bits per heavy atom. The Kier molecular flexibility index (Phi) is 4.65. The Balaban J connectivity index is 1.51. The van der Waals surface area contributed by atoms with Gasteiger partial charge in [0.15, 0.2) is 0 Å². The van der Waals surface area contributed by atoms with E-state index in [1.807, 2.05) is 29.3 Å². The van der Waals surface area contributed by atoms with Crippen molar-refractivity contribution in [3.05, 3.63) is 36.0 Å². The van der Waals surface area contributed by atoms with Gasteiger partial charge in [-0.05, 0) is 36.8 Å². The maximum atomic E-state index is 12.4. The van der Waals surface area contributed by atoms with Gasteiger partial charge in [0.05, 0.1) is 0 Å². The van der Waals surface area contributed by atoms with Crippen LogP contribution in [-0.2, 0) is 16.0 Å². The first kappa shape index (κ1) is 15.6. The lowest BCUT2D eigenvalue weighted by Crippen LogP contribution is -2.39. The van der Waals surface area contributed by atoms with Crippen LogP contribution in [0.25, 0.3) is 10.9 Å². The minimum Gasteiger partial charge on any atom is -0.370 e. The highest BCUT2D eigenvalue weighted by atomic mass is 16.2. The van der Waals surface area contributed by atoms with Crippen molar-refractivity contribution < 1.29 is 9.59 Å². The molecule has 0 saturated carbocycles. The molecule has 2 amide bonds. The third-order valence-electron chi connectivity index (χ3n) is 4.74. The Morgan fingerprint density at radius 1 is 1.22 bits per heavy atom. The van der Waals surface area contributed by atoms with Gasteiger partial charge in [0.2, 0.25) is 11.8 Å². The molecule has 2 heterocycles. The van der Waals surface area contributed by atoms with Gasteiger partial charge in [-0.15, -0.1) is 0 Å². The molecule has 1 aliphatic rings. The molecule has 5 heteroatoms. The summed E-state index contributed by atoms with van der Waals surface area (Å²) in [5.41, 5.74) is 7.55. The van der Waals surface area contributed by atoms with Crippen molar-refractivity contribution in [3.8, 4) is 0 Å². The summed E-state index contributed by atoms with van der Waals surface area (Å²) in [7, 11) is 0. The minimum atomic E-state index is -0.242. The van der Waals surface area contributed by atoms with Crippen LogP contribution in [0, 0.1) is 5.92 Å². The van der Waals surface area contributed by atoms with E-state index in [1.165, 1.54) is 10.9 Å². The van der Waals surface area contributed by atoms with Crippen LogP contribution in [-0.4, -0.2) is 34.8 Å². The highest BCUT2D eigenvalue weighted by Crippen LogP contribution is 2.22. The molecule has 0 radical (unpaired) electrons. The molecule has 1 fully saturated rings. The number of aryl methyl sites for hydroxylation is 1. The van der Waals surface area contributed by atoms with Crippen LogP contribution in [0.5, 0.6) is 0 Å². The van der Waals surface area contributed by atoms with E-state index in [9.17, 15) is 9.59 Å². The summed E-state index contributed by atoms with van der Waals surface area (Å²) < 4.78 is 0. The summed E-state index contributed by atoms with van der Waals surface area (Å²) in [5, 5.41) is 1.19. The van der Waals surface area contributed by atoms with E-state index in [1.54, 1.807) is 0 Å². The number of nitrogens with one attached hydrogen (secondary N) is 1. The predicted molar refractivity (Wildman–Crippen MR) is 89.7 cm³/mol. The van der Waals surface area contributed by atoms with Crippen molar-refractivity contribution in [2.45, 2.75) is 32.1 Å². The summed E-state index contributed by atoms with van der Waals surface area (Å²) >= 11 is 0. The molecule has 0 unspecified atom stereocenters. The number of aromatic nitrogens is 1. The molecular weight excluding hydrogens is 290 g/mol. The van der Waals surface area contributed by atoms with Gasteiger partial charge in [0.1, 0.15) is 0 Å². The Bertz CT molecular complexity index is 699. The Morgan fingerprint density at radius 2 is 1.96 bits per heavy atom. The molecule has 1 saturated heterocycles. The summed E-state index contributed by atoms with van der Waals surface area (Å²) in [6.07, 6.45) is 5.48. The van der Waals surface area contributed by atoms with Gasteiger partial charge in [-0.25, -0.2) is 0 Å². The highest BCUT2D eigenvalue weighted by molar-refractivity contribution is 5.84. The second-order valence-corrected chi connectivity index (χ2v) is 6.35. The van der Waals surface area contributed by atoms with Gasteiger partial charge in [-0.2, -0.15) is 0 Å². The molecule has 0 bridgehead atoms. The summed E-state index contributed by atoms with van der Waals surface area (Å²) in [6, 6.07) is 8.15. The number of piperidine rings is 1. The van der Waals surface area contributed by atoms with Crippen molar-refractivity contribution >= 4 is 22.7 Å². The number of amides is 2. The van der Waals surface area contributed by atoms with Gasteiger partial charge in [0, 0.05) is 43.0 Å². The van der Waals surface area contributed by atoms with Crippen LogP contribution in [0.1, 0.15) is 31.2 Å². The molecule has 0 atom stereocenters. The SMILES string of the molecule is NC(=O)CC1CCN(C(=O)CCc2c[nH]c3ccccc23)CC1. The average molecular weight is 313 g/mol. The number of fused-ring (bicyclic) bond motifs is 1. The molecule has 122 valence electrons. The fourth-order valence-electron chi connectivity index (χ4n) is 3.41. The smallest absolute Gasteiger partial charge is 0.222 e. The van der Waals surface area contributed by atoms with Gasteiger partial charge in [0.25, 0.3) is 0 Å². The number of likely N-dealkylation sites (tertiary alicyclic amines) is 1. The molecule has 5 nitrogen and oxygen atoms in total. The standard InChI is InChI=1S/C18H23N3O2/c19-17(22)11-13-7-9-21(10-8-13)18(23)6-5-14-12-20-16-4-2-1-3-15(14)16/h1-4,12-13,20H,5-11H2,(H2,19,22). The number of H-pyrrole nitrogens is 1. The average Bonchev–Trinajstić information content (AvgIpc) is 2.96. The van der Waals surface area contributed by atoms with Gasteiger partial charge in [-0.1, -0.05) is 18.2 Å². The van der Waals surface area contributed by atoms with Crippen molar-refractivity contribution in [2.75, 3.05) is 13.1 Å². The molecule has 1 aliphatic heterocycles. The zero-order valence-corrected chi connectivity index (χ0v) is 13.3. The number of carbonyl (C=O) groups is 2. The van der Waals surface area contributed by atoms with Gasteiger partial charge in [-0.3, -0.25) is 9.59 Å². The number of nitrogens with zero attached hydrogens (tertiary/aromatic N) is 1. The largest absolute Gasteiger partial charge is 0.370 e.